The first kappa shape index (κ1) is 28.9. The lowest BCUT2D eigenvalue weighted by Gasteiger charge is -2.19. The zero-order valence-corrected chi connectivity index (χ0v) is 23.1. The van der Waals surface area contributed by atoms with Gasteiger partial charge >= 0.3 is 12.2 Å². The molecule has 1 heterocycles. The molecule has 0 bridgehead atoms. The maximum atomic E-state index is 12.8. The van der Waals surface area contributed by atoms with Crippen LogP contribution in [-0.2, 0) is 15.6 Å². The lowest BCUT2D eigenvalue weighted by atomic mass is 10.1. The summed E-state index contributed by atoms with van der Waals surface area (Å²) in [6.07, 6.45) is -0.480. The number of nitrogens with one attached hydrogen (secondary N) is 3. The quantitative estimate of drug-likeness (QED) is 0.279. The number of rotatable bonds is 10. The summed E-state index contributed by atoms with van der Waals surface area (Å²) in [5.41, 5.74) is 0.901. The number of sulfonamides is 1. The fourth-order valence-corrected chi connectivity index (χ4v) is 6.20. The molecule has 2 aromatic carbocycles. The van der Waals surface area contributed by atoms with Gasteiger partial charge in [0.2, 0.25) is 21.9 Å². The maximum Gasteiger partial charge on any atom is 0.422 e. The molecule has 3 aromatic rings. The molecule has 0 spiro atoms. The van der Waals surface area contributed by atoms with Crippen LogP contribution in [0, 0.1) is 0 Å². The molecule has 2 aliphatic rings. The van der Waals surface area contributed by atoms with Gasteiger partial charge in [-0.2, -0.15) is 28.1 Å². The van der Waals surface area contributed by atoms with E-state index >= 15 is 0 Å². The number of benzene rings is 2. The lowest BCUT2D eigenvalue weighted by Crippen LogP contribution is -2.37. The highest BCUT2D eigenvalue weighted by molar-refractivity contribution is 7.90. The average molecular weight is 611 g/mol. The van der Waals surface area contributed by atoms with Gasteiger partial charge in [0.25, 0.3) is 5.91 Å². The third-order valence-electron chi connectivity index (χ3n) is 6.86. The minimum Gasteiger partial charge on any atom is -0.454 e. The van der Waals surface area contributed by atoms with Crippen molar-refractivity contribution in [3.8, 4) is 6.01 Å². The van der Waals surface area contributed by atoms with Gasteiger partial charge < -0.3 is 15.4 Å². The van der Waals surface area contributed by atoms with Crippen molar-refractivity contribution < 1.29 is 31.1 Å². The van der Waals surface area contributed by atoms with Crippen molar-refractivity contribution >= 4 is 45.1 Å². The number of hydrogen-bond acceptors (Lipinski definition) is 9. The second kappa shape index (κ2) is 11.3. The summed E-state index contributed by atoms with van der Waals surface area (Å²) in [4.78, 5) is 24.8. The van der Waals surface area contributed by atoms with Crippen LogP contribution in [0.15, 0.2) is 48.5 Å². The van der Waals surface area contributed by atoms with Crippen molar-refractivity contribution in [2.45, 2.75) is 55.5 Å². The summed E-state index contributed by atoms with van der Waals surface area (Å²) in [6.45, 7) is -1.59. The molecule has 2 fully saturated rings. The number of amides is 1. The summed E-state index contributed by atoms with van der Waals surface area (Å²) in [7, 11) is -3.77. The molecule has 3 N–H and O–H groups in total. The van der Waals surface area contributed by atoms with Crippen LogP contribution in [0.4, 0.5) is 30.8 Å². The number of halogens is 4. The molecule has 1 aromatic heterocycles. The summed E-state index contributed by atoms with van der Waals surface area (Å²) in [5, 5.41) is 6.03. The van der Waals surface area contributed by atoms with E-state index in [0.29, 0.717) is 23.6 Å². The maximum absolute atomic E-state index is 12.8. The Morgan fingerprint density at radius 1 is 0.976 bits per heavy atom. The minimum atomic E-state index is -4.60. The van der Waals surface area contributed by atoms with E-state index in [2.05, 4.69) is 30.3 Å². The lowest BCUT2D eigenvalue weighted by molar-refractivity contribution is -0.154. The van der Waals surface area contributed by atoms with E-state index in [0.717, 1.165) is 31.2 Å². The number of carbonyl (C=O) groups excluding carboxylic acids is 1. The summed E-state index contributed by atoms with van der Waals surface area (Å²) in [6, 6.07) is 12.4. The second-order valence-corrected chi connectivity index (χ2v) is 12.4. The molecule has 15 heteroatoms. The Morgan fingerprint density at radius 3 is 2.22 bits per heavy atom. The molecule has 10 nitrogen and oxygen atoms in total. The number of carbonyl (C=O) groups is 1. The number of anilines is 3. The van der Waals surface area contributed by atoms with Gasteiger partial charge in [0.1, 0.15) is 0 Å². The molecule has 1 amide bonds. The summed E-state index contributed by atoms with van der Waals surface area (Å²) < 4.78 is 70.2. The summed E-state index contributed by atoms with van der Waals surface area (Å²) >= 11 is 6.00. The van der Waals surface area contributed by atoms with Gasteiger partial charge in [-0.05, 0) is 67.6 Å². The minimum absolute atomic E-state index is 0.000224. The molecular formula is C26H26ClF3N6O4S. The van der Waals surface area contributed by atoms with E-state index in [1.54, 1.807) is 12.1 Å². The van der Waals surface area contributed by atoms with Crippen LogP contribution in [0.25, 0.3) is 0 Å². The van der Waals surface area contributed by atoms with Gasteiger partial charge in [0, 0.05) is 16.3 Å². The van der Waals surface area contributed by atoms with Gasteiger partial charge in [0.05, 0.1) is 10.8 Å². The number of aromatic nitrogens is 3. The van der Waals surface area contributed by atoms with Gasteiger partial charge in [-0.3, -0.25) is 4.79 Å². The third-order valence-corrected chi connectivity index (χ3v) is 8.93. The Hall–Kier alpha value is -3.65. The van der Waals surface area contributed by atoms with Gasteiger partial charge in [-0.25, -0.2) is 13.1 Å². The van der Waals surface area contributed by atoms with Crippen LogP contribution >= 0.6 is 11.6 Å². The monoisotopic (exact) mass is 610 g/mol. The van der Waals surface area contributed by atoms with Crippen LogP contribution in [0.5, 0.6) is 6.01 Å². The molecule has 0 atom stereocenters. The van der Waals surface area contributed by atoms with E-state index in [9.17, 15) is 26.4 Å². The Kier molecular flexibility index (Phi) is 7.97. The average Bonchev–Trinajstić information content (AvgIpc) is 3.45. The van der Waals surface area contributed by atoms with Crippen LogP contribution in [0.3, 0.4) is 0 Å². The van der Waals surface area contributed by atoms with E-state index in [4.69, 9.17) is 16.3 Å². The molecule has 5 rings (SSSR count). The zero-order valence-electron chi connectivity index (χ0n) is 21.5. The van der Waals surface area contributed by atoms with Crippen molar-refractivity contribution in [3.63, 3.8) is 0 Å². The predicted octanol–water partition coefficient (Wildman–Crippen LogP) is 5.31. The largest absolute Gasteiger partial charge is 0.454 e. The van der Waals surface area contributed by atoms with Crippen LogP contribution < -0.4 is 20.1 Å². The topological polar surface area (TPSA) is 135 Å². The van der Waals surface area contributed by atoms with E-state index in [1.165, 1.54) is 24.3 Å². The number of alkyl halides is 3. The highest BCUT2D eigenvalue weighted by Gasteiger charge is 2.45. The number of hydrogen-bond donors (Lipinski definition) is 3. The highest BCUT2D eigenvalue weighted by Crippen LogP contribution is 2.48. The molecule has 218 valence electrons. The van der Waals surface area contributed by atoms with Crippen LogP contribution in [0.2, 0.25) is 5.02 Å². The van der Waals surface area contributed by atoms with Gasteiger partial charge in [-0.1, -0.05) is 36.6 Å². The van der Waals surface area contributed by atoms with Crippen LogP contribution in [0.1, 0.15) is 54.4 Å². The van der Waals surface area contributed by atoms with Crippen molar-refractivity contribution in [2.75, 3.05) is 17.2 Å². The molecule has 0 aliphatic heterocycles. The summed E-state index contributed by atoms with van der Waals surface area (Å²) in [5.74, 6) is -0.859. The normalized spacial score (nSPS) is 16.7. The first-order chi connectivity index (χ1) is 19.4. The second-order valence-electron chi connectivity index (χ2n) is 9.97. The zero-order chi connectivity index (χ0) is 29.3. The van der Waals surface area contributed by atoms with E-state index in [-0.39, 0.29) is 17.5 Å². The molecule has 0 saturated heterocycles. The van der Waals surface area contributed by atoms with Crippen LogP contribution in [-0.4, -0.2) is 47.3 Å². The van der Waals surface area contributed by atoms with Crippen molar-refractivity contribution in [3.05, 3.63) is 64.7 Å². The highest BCUT2D eigenvalue weighted by atomic mass is 35.5. The van der Waals surface area contributed by atoms with Gasteiger partial charge in [-0.15, -0.1) is 0 Å². The SMILES string of the molecule is O=C(NS(=O)(=O)C1CCCC1)c1ccc(Nc2nc(NC3(c4ccc(Cl)cc4)CC3)nc(OCC(F)(F)F)n2)cc1. The third kappa shape index (κ3) is 7.36. The van der Waals surface area contributed by atoms with Crippen molar-refractivity contribution in [2.24, 2.45) is 0 Å². The number of nitrogens with zero attached hydrogens (tertiary/aromatic N) is 3. The predicted molar refractivity (Wildman–Crippen MR) is 146 cm³/mol. The molecular weight excluding hydrogens is 585 g/mol. The Labute approximate surface area is 239 Å². The smallest absolute Gasteiger partial charge is 0.422 e. The van der Waals surface area contributed by atoms with Gasteiger partial charge in [0.15, 0.2) is 6.61 Å². The van der Waals surface area contributed by atoms with Crippen molar-refractivity contribution in [1.29, 1.82) is 0 Å². The fraction of sp³-hybridized carbons (Fsp3) is 0.385. The first-order valence-electron chi connectivity index (χ1n) is 12.8. The Bertz CT molecular complexity index is 1510. The molecule has 2 saturated carbocycles. The Balaban J connectivity index is 1.32. The number of ether oxygens (including phenoxy) is 1. The molecule has 0 unspecified atom stereocenters. The molecule has 41 heavy (non-hydrogen) atoms. The molecule has 2 aliphatic carbocycles. The van der Waals surface area contributed by atoms with Crippen molar-refractivity contribution in [1.82, 2.24) is 19.7 Å². The van der Waals surface area contributed by atoms with E-state index < -0.39 is 45.5 Å². The molecule has 0 radical (unpaired) electrons. The Morgan fingerprint density at radius 2 is 1.61 bits per heavy atom. The first-order valence-corrected chi connectivity index (χ1v) is 14.8. The van der Waals surface area contributed by atoms with E-state index in [1.807, 2.05) is 12.1 Å². The fourth-order valence-electron chi connectivity index (χ4n) is 4.58. The standard InChI is InChI=1S/C26H26ClF3N6O4S/c27-18-9-7-17(8-10-18)25(13-14-25)35-23-32-22(33-24(34-23)40-15-26(28,29)30)31-19-11-5-16(6-12-19)21(37)36-41(38,39)20-3-1-2-4-20/h5-12,20H,1-4,13-15H2,(H,36,37)(H2,31,32,33,34,35).